The van der Waals surface area contributed by atoms with Gasteiger partial charge in [-0.1, -0.05) is 6.92 Å². The molecule has 1 saturated heterocycles. The van der Waals surface area contributed by atoms with Gasteiger partial charge in [-0.15, -0.1) is 0 Å². The maximum Gasteiger partial charge on any atom is 0.160 e. The quantitative estimate of drug-likeness (QED) is 0.791. The van der Waals surface area contributed by atoms with Crippen LogP contribution in [0.5, 0.6) is 0 Å². The normalized spacial score (nSPS) is 21.1. The van der Waals surface area contributed by atoms with Gasteiger partial charge in [0, 0.05) is 13.1 Å². The van der Waals surface area contributed by atoms with Crippen molar-refractivity contribution in [3.63, 3.8) is 0 Å². The van der Waals surface area contributed by atoms with E-state index in [0.29, 0.717) is 18.0 Å². The topological polar surface area (TPSA) is 88.1 Å². The Kier molecular flexibility index (Phi) is 3.52. The standard InChI is InChI=1S/C11H15N5O/c1-2-16-3-4-17-9(7-16)11-14-6-8(5-12)10(13)15-11/h6,9H,2-4,7H2,1H3,(H2,13,14,15). The highest BCUT2D eigenvalue weighted by atomic mass is 16.5. The van der Waals surface area contributed by atoms with Gasteiger partial charge in [0.2, 0.25) is 0 Å². The zero-order valence-electron chi connectivity index (χ0n) is 9.76. The molecule has 90 valence electrons. The van der Waals surface area contributed by atoms with Crippen molar-refractivity contribution >= 4 is 5.82 Å². The Morgan fingerprint density at radius 2 is 2.53 bits per heavy atom. The third-order valence-electron chi connectivity index (χ3n) is 2.84. The molecule has 1 atom stereocenters. The number of likely N-dealkylation sites (N-methyl/N-ethyl adjacent to an activating group) is 1. The number of ether oxygens (including phenoxy) is 1. The first-order valence-electron chi connectivity index (χ1n) is 5.61. The first-order valence-corrected chi connectivity index (χ1v) is 5.61. The van der Waals surface area contributed by atoms with Crippen LogP contribution in [0.4, 0.5) is 5.82 Å². The number of morpholine rings is 1. The molecule has 1 aliphatic rings. The van der Waals surface area contributed by atoms with Crippen LogP contribution in [-0.4, -0.2) is 41.1 Å². The van der Waals surface area contributed by atoms with Crippen molar-refractivity contribution in [1.29, 1.82) is 5.26 Å². The molecule has 6 heteroatoms. The third kappa shape index (κ3) is 2.52. The summed E-state index contributed by atoms with van der Waals surface area (Å²) in [5.74, 6) is 0.773. The predicted octanol–water partition coefficient (Wildman–Crippen LogP) is 0.324. The molecular formula is C11H15N5O. The molecule has 2 heterocycles. The van der Waals surface area contributed by atoms with Crippen molar-refractivity contribution in [2.45, 2.75) is 13.0 Å². The minimum Gasteiger partial charge on any atom is -0.382 e. The van der Waals surface area contributed by atoms with Crippen LogP contribution < -0.4 is 5.73 Å². The highest BCUT2D eigenvalue weighted by Gasteiger charge is 2.23. The fourth-order valence-electron chi connectivity index (χ4n) is 1.80. The summed E-state index contributed by atoms with van der Waals surface area (Å²) in [6, 6.07) is 1.94. The van der Waals surface area contributed by atoms with Crippen molar-refractivity contribution in [2.75, 3.05) is 32.0 Å². The van der Waals surface area contributed by atoms with Crippen LogP contribution in [0.3, 0.4) is 0 Å². The lowest BCUT2D eigenvalue weighted by atomic mass is 10.2. The van der Waals surface area contributed by atoms with Crippen molar-refractivity contribution in [3.8, 4) is 6.07 Å². The Bertz CT molecular complexity index is 442. The van der Waals surface area contributed by atoms with Gasteiger partial charge in [0.15, 0.2) is 5.82 Å². The number of nitriles is 1. The van der Waals surface area contributed by atoms with E-state index in [4.69, 9.17) is 15.7 Å². The lowest BCUT2D eigenvalue weighted by Gasteiger charge is -2.31. The fourth-order valence-corrected chi connectivity index (χ4v) is 1.80. The number of rotatable bonds is 2. The summed E-state index contributed by atoms with van der Waals surface area (Å²) < 4.78 is 5.62. The molecule has 0 amide bonds. The Hall–Kier alpha value is -1.71. The lowest BCUT2D eigenvalue weighted by molar-refractivity contribution is -0.0325. The highest BCUT2D eigenvalue weighted by molar-refractivity contribution is 5.46. The van der Waals surface area contributed by atoms with E-state index < -0.39 is 0 Å². The number of nitrogens with two attached hydrogens (primary N) is 1. The van der Waals surface area contributed by atoms with E-state index in [0.717, 1.165) is 19.6 Å². The number of hydrogen-bond acceptors (Lipinski definition) is 6. The average Bonchev–Trinajstić information content (AvgIpc) is 2.38. The number of hydrogen-bond donors (Lipinski definition) is 1. The van der Waals surface area contributed by atoms with E-state index in [2.05, 4.69) is 21.8 Å². The van der Waals surface area contributed by atoms with E-state index >= 15 is 0 Å². The van der Waals surface area contributed by atoms with Crippen LogP contribution in [0, 0.1) is 11.3 Å². The van der Waals surface area contributed by atoms with Crippen LogP contribution >= 0.6 is 0 Å². The van der Waals surface area contributed by atoms with Gasteiger partial charge >= 0.3 is 0 Å². The summed E-state index contributed by atoms with van der Waals surface area (Å²) in [7, 11) is 0. The molecule has 1 aromatic heterocycles. The Morgan fingerprint density at radius 1 is 1.71 bits per heavy atom. The van der Waals surface area contributed by atoms with E-state index in [-0.39, 0.29) is 11.9 Å². The molecule has 0 aliphatic carbocycles. The minimum atomic E-state index is -0.154. The molecule has 1 aromatic rings. The van der Waals surface area contributed by atoms with Crippen LogP contribution in [0.1, 0.15) is 24.4 Å². The molecule has 0 saturated carbocycles. The SMILES string of the molecule is CCN1CCOC(c2ncc(C#N)c(N)n2)C1. The number of aromatic nitrogens is 2. The summed E-state index contributed by atoms with van der Waals surface area (Å²) in [4.78, 5) is 10.5. The summed E-state index contributed by atoms with van der Waals surface area (Å²) in [5.41, 5.74) is 5.97. The van der Waals surface area contributed by atoms with E-state index in [1.54, 1.807) is 0 Å². The second-order valence-electron chi connectivity index (χ2n) is 3.89. The second kappa shape index (κ2) is 5.08. The van der Waals surface area contributed by atoms with E-state index in [1.165, 1.54) is 6.20 Å². The average molecular weight is 233 g/mol. The van der Waals surface area contributed by atoms with Crippen LogP contribution in [0.2, 0.25) is 0 Å². The van der Waals surface area contributed by atoms with Crippen molar-refractivity contribution in [2.24, 2.45) is 0 Å². The van der Waals surface area contributed by atoms with Crippen molar-refractivity contribution in [1.82, 2.24) is 14.9 Å². The molecule has 2 rings (SSSR count). The highest BCUT2D eigenvalue weighted by Crippen LogP contribution is 2.20. The van der Waals surface area contributed by atoms with Crippen LogP contribution in [0.15, 0.2) is 6.20 Å². The first-order chi connectivity index (χ1) is 8.24. The van der Waals surface area contributed by atoms with Gasteiger partial charge in [0.05, 0.1) is 12.8 Å². The van der Waals surface area contributed by atoms with Gasteiger partial charge in [-0.05, 0) is 6.54 Å². The van der Waals surface area contributed by atoms with Gasteiger partial charge in [0.25, 0.3) is 0 Å². The monoisotopic (exact) mass is 233 g/mol. The van der Waals surface area contributed by atoms with E-state index in [1.807, 2.05) is 6.07 Å². The molecule has 1 unspecified atom stereocenters. The van der Waals surface area contributed by atoms with Gasteiger partial charge in [-0.25, -0.2) is 9.97 Å². The maximum atomic E-state index is 8.75. The largest absolute Gasteiger partial charge is 0.382 e. The molecule has 2 N–H and O–H groups in total. The van der Waals surface area contributed by atoms with Gasteiger partial charge in [-0.3, -0.25) is 4.90 Å². The minimum absolute atomic E-state index is 0.154. The van der Waals surface area contributed by atoms with Gasteiger partial charge in [0.1, 0.15) is 23.6 Å². The summed E-state index contributed by atoms with van der Waals surface area (Å²) in [5, 5.41) is 8.75. The number of anilines is 1. The maximum absolute atomic E-state index is 8.75. The van der Waals surface area contributed by atoms with Crippen LogP contribution in [-0.2, 0) is 4.74 Å². The Morgan fingerprint density at radius 3 is 3.18 bits per heavy atom. The number of nitrogens with zero attached hydrogens (tertiary/aromatic N) is 4. The molecule has 1 aliphatic heterocycles. The zero-order chi connectivity index (χ0) is 12.3. The Balaban J connectivity index is 2.17. The predicted molar refractivity (Wildman–Crippen MR) is 62.0 cm³/mol. The van der Waals surface area contributed by atoms with Gasteiger partial charge < -0.3 is 10.5 Å². The zero-order valence-corrected chi connectivity index (χ0v) is 9.76. The molecule has 0 radical (unpaired) electrons. The molecule has 17 heavy (non-hydrogen) atoms. The smallest absolute Gasteiger partial charge is 0.160 e. The number of nitrogen functional groups attached to an aromatic ring is 1. The second-order valence-corrected chi connectivity index (χ2v) is 3.89. The van der Waals surface area contributed by atoms with Crippen molar-refractivity contribution < 1.29 is 4.74 Å². The lowest BCUT2D eigenvalue weighted by Crippen LogP contribution is -2.38. The molecule has 1 fully saturated rings. The molecule has 0 bridgehead atoms. The molecule has 0 spiro atoms. The first kappa shape index (κ1) is 11.8. The summed E-state index contributed by atoms with van der Waals surface area (Å²) in [6.07, 6.45) is 1.30. The third-order valence-corrected chi connectivity index (χ3v) is 2.84. The molecular weight excluding hydrogens is 218 g/mol. The van der Waals surface area contributed by atoms with Crippen molar-refractivity contribution in [3.05, 3.63) is 17.6 Å². The molecule has 0 aromatic carbocycles. The molecule has 6 nitrogen and oxygen atoms in total. The Labute approximate surface area is 100 Å². The fraction of sp³-hybridized carbons (Fsp3) is 0.545. The summed E-state index contributed by atoms with van der Waals surface area (Å²) >= 11 is 0. The van der Waals surface area contributed by atoms with Gasteiger partial charge in [-0.2, -0.15) is 5.26 Å². The van der Waals surface area contributed by atoms with E-state index in [9.17, 15) is 0 Å². The van der Waals surface area contributed by atoms with Crippen LogP contribution in [0.25, 0.3) is 0 Å². The summed E-state index contributed by atoms with van der Waals surface area (Å²) in [6.45, 7) is 5.45.